The van der Waals surface area contributed by atoms with Crippen LogP contribution in [0.4, 0.5) is 5.69 Å². The van der Waals surface area contributed by atoms with Crippen LogP contribution in [0.3, 0.4) is 0 Å². The van der Waals surface area contributed by atoms with Crippen LogP contribution in [0.2, 0.25) is 0 Å². The summed E-state index contributed by atoms with van der Waals surface area (Å²) in [6, 6.07) is 13.7. The van der Waals surface area contributed by atoms with Gasteiger partial charge in [-0.25, -0.2) is 4.68 Å². The molecular formula is C26H31N3O3. The molecule has 1 amide bonds. The Bertz CT molecular complexity index is 1110. The second-order valence-corrected chi connectivity index (χ2v) is 8.23. The van der Waals surface area contributed by atoms with Gasteiger partial charge in [0, 0.05) is 6.08 Å². The molecule has 2 aromatic carbocycles. The molecule has 6 heteroatoms. The van der Waals surface area contributed by atoms with E-state index in [0.717, 1.165) is 28.3 Å². The molecule has 0 unspecified atom stereocenters. The Morgan fingerprint density at radius 1 is 1.09 bits per heavy atom. The van der Waals surface area contributed by atoms with Gasteiger partial charge >= 0.3 is 0 Å². The summed E-state index contributed by atoms with van der Waals surface area (Å²) in [6.07, 6.45) is 3.25. The summed E-state index contributed by atoms with van der Waals surface area (Å²) in [6.45, 7) is 10.7. The van der Waals surface area contributed by atoms with Gasteiger partial charge in [-0.15, -0.1) is 0 Å². The minimum atomic E-state index is -0.223. The van der Waals surface area contributed by atoms with Gasteiger partial charge in [-0.3, -0.25) is 4.79 Å². The summed E-state index contributed by atoms with van der Waals surface area (Å²) in [4.78, 5) is 12.6. The van der Waals surface area contributed by atoms with Crippen molar-refractivity contribution in [1.29, 1.82) is 0 Å². The van der Waals surface area contributed by atoms with Crippen molar-refractivity contribution in [3.8, 4) is 17.2 Å². The number of carbonyl (C=O) groups is 1. The lowest BCUT2D eigenvalue weighted by atomic mass is 10.2. The lowest BCUT2D eigenvalue weighted by molar-refractivity contribution is -0.111. The van der Waals surface area contributed by atoms with Gasteiger partial charge in [-0.1, -0.05) is 37.6 Å². The van der Waals surface area contributed by atoms with Crippen molar-refractivity contribution in [3.05, 3.63) is 71.1 Å². The summed E-state index contributed by atoms with van der Waals surface area (Å²) < 4.78 is 13.1. The number of benzene rings is 2. The number of carbonyl (C=O) groups excluding carboxylic acids is 1. The molecule has 0 spiro atoms. The van der Waals surface area contributed by atoms with E-state index in [1.165, 1.54) is 11.6 Å². The third-order valence-corrected chi connectivity index (χ3v) is 5.01. The third-order valence-electron chi connectivity index (χ3n) is 5.01. The van der Waals surface area contributed by atoms with Gasteiger partial charge in [0.1, 0.15) is 0 Å². The minimum Gasteiger partial charge on any atom is -0.493 e. The molecule has 6 nitrogen and oxygen atoms in total. The highest BCUT2D eigenvalue weighted by Gasteiger charge is 2.14. The Hall–Kier alpha value is -3.54. The highest BCUT2D eigenvalue weighted by molar-refractivity contribution is 6.02. The van der Waals surface area contributed by atoms with Gasteiger partial charge in [0.2, 0.25) is 5.91 Å². The number of methoxy groups -OCH3 is 1. The molecule has 0 atom stereocenters. The average Bonchev–Trinajstić information content (AvgIpc) is 3.05. The Morgan fingerprint density at radius 2 is 1.81 bits per heavy atom. The first-order valence-corrected chi connectivity index (χ1v) is 10.7. The predicted molar refractivity (Wildman–Crippen MR) is 129 cm³/mol. The second kappa shape index (κ2) is 10.2. The predicted octanol–water partition coefficient (Wildman–Crippen LogP) is 5.49. The van der Waals surface area contributed by atoms with Crippen LogP contribution < -0.4 is 14.8 Å². The fourth-order valence-electron chi connectivity index (χ4n) is 3.26. The van der Waals surface area contributed by atoms with Crippen LogP contribution in [0, 0.1) is 26.7 Å². The smallest absolute Gasteiger partial charge is 0.248 e. The summed E-state index contributed by atoms with van der Waals surface area (Å²) in [5.41, 5.74) is 5.34. The molecule has 0 saturated heterocycles. The summed E-state index contributed by atoms with van der Waals surface area (Å²) in [5, 5.41) is 7.55. The monoisotopic (exact) mass is 433 g/mol. The van der Waals surface area contributed by atoms with Crippen LogP contribution in [-0.2, 0) is 4.79 Å². The number of amides is 1. The summed E-state index contributed by atoms with van der Waals surface area (Å²) in [5.74, 6) is 1.53. The molecule has 1 heterocycles. The van der Waals surface area contributed by atoms with Crippen molar-refractivity contribution in [2.45, 2.75) is 34.6 Å². The molecule has 1 N–H and O–H groups in total. The number of nitrogens with one attached hydrogen (secondary N) is 1. The fourth-order valence-corrected chi connectivity index (χ4v) is 3.26. The van der Waals surface area contributed by atoms with Crippen LogP contribution in [-0.4, -0.2) is 29.4 Å². The van der Waals surface area contributed by atoms with E-state index in [2.05, 4.69) is 24.3 Å². The SMILES string of the molecule is COc1cc(C=CC(=O)Nc2c(C)nn(-c3ccc(C)cc3)c2C)ccc1OCC(C)C. The van der Waals surface area contributed by atoms with Gasteiger partial charge < -0.3 is 14.8 Å². The summed E-state index contributed by atoms with van der Waals surface area (Å²) in [7, 11) is 1.61. The van der Waals surface area contributed by atoms with Gasteiger partial charge in [-0.2, -0.15) is 5.10 Å². The Kier molecular flexibility index (Phi) is 7.36. The van der Waals surface area contributed by atoms with E-state index < -0.39 is 0 Å². The first-order chi connectivity index (χ1) is 15.3. The Labute approximate surface area is 189 Å². The quantitative estimate of drug-likeness (QED) is 0.477. The van der Waals surface area contributed by atoms with E-state index in [9.17, 15) is 4.79 Å². The maximum absolute atomic E-state index is 12.6. The number of aryl methyl sites for hydroxylation is 2. The first kappa shape index (κ1) is 23.1. The largest absolute Gasteiger partial charge is 0.493 e. The number of hydrogen-bond acceptors (Lipinski definition) is 4. The number of nitrogens with zero attached hydrogens (tertiary/aromatic N) is 2. The Balaban J connectivity index is 1.72. The van der Waals surface area contributed by atoms with Crippen molar-refractivity contribution >= 4 is 17.7 Å². The molecule has 0 aliphatic heterocycles. The van der Waals surface area contributed by atoms with Gasteiger partial charge in [-0.05, 0) is 62.6 Å². The number of aromatic nitrogens is 2. The molecule has 3 rings (SSSR count). The minimum absolute atomic E-state index is 0.223. The van der Waals surface area contributed by atoms with E-state index in [4.69, 9.17) is 9.47 Å². The van der Waals surface area contributed by atoms with E-state index >= 15 is 0 Å². The van der Waals surface area contributed by atoms with Crippen molar-refractivity contribution < 1.29 is 14.3 Å². The van der Waals surface area contributed by atoms with E-state index in [1.54, 1.807) is 13.2 Å². The molecular weight excluding hydrogens is 402 g/mol. The zero-order valence-corrected chi connectivity index (χ0v) is 19.6. The molecule has 1 aromatic heterocycles. The van der Waals surface area contributed by atoms with Gasteiger partial charge in [0.15, 0.2) is 11.5 Å². The summed E-state index contributed by atoms with van der Waals surface area (Å²) >= 11 is 0. The number of rotatable bonds is 8. The normalized spacial score (nSPS) is 11.2. The number of anilines is 1. The molecule has 0 radical (unpaired) electrons. The highest BCUT2D eigenvalue weighted by atomic mass is 16.5. The van der Waals surface area contributed by atoms with Crippen LogP contribution in [0.1, 0.15) is 36.4 Å². The van der Waals surface area contributed by atoms with Crippen molar-refractivity contribution in [2.75, 3.05) is 19.0 Å². The molecule has 168 valence electrons. The standard InChI is InChI=1S/C26H31N3O3/c1-17(2)16-32-23-13-9-21(15-24(23)31-6)10-14-25(30)27-26-19(4)28-29(20(26)5)22-11-7-18(3)8-12-22/h7-15,17H,16H2,1-6H3,(H,27,30). The molecule has 0 fully saturated rings. The average molecular weight is 434 g/mol. The number of ether oxygens (including phenoxy) is 2. The molecule has 32 heavy (non-hydrogen) atoms. The lowest BCUT2D eigenvalue weighted by Crippen LogP contribution is -2.09. The van der Waals surface area contributed by atoms with Crippen LogP contribution in [0.25, 0.3) is 11.8 Å². The molecule has 3 aromatic rings. The first-order valence-electron chi connectivity index (χ1n) is 10.7. The zero-order valence-electron chi connectivity index (χ0n) is 19.6. The lowest BCUT2D eigenvalue weighted by Gasteiger charge is -2.12. The fraction of sp³-hybridized carbons (Fsp3) is 0.308. The second-order valence-electron chi connectivity index (χ2n) is 8.23. The highest BCUT2D eigenvalue weighted by Crippen LogP contribution is 2.29. The molecule has 0 aliphatic carbocycles. The van der Waals surface area contributed by atoms with E-state index in [-0.39, 0.29) is 5.91 Å². The maximum atomic E-state index is 12.6. The number of hydrogen-bond donors (Lipinski definition) is 1. The van der Waals surface area contributed by atoms with Crippen LogP contribution >= 0.6 is 0 Å². The van der Waals surface area contributed by atoms with Crippen molar-refractivity contribution in [2.24, 2.45) is 5.92 Å². The third kappa shape index (κ3) is 5.58. The van der Waals surface area contributed by atoms with E-state index in [1.807, 2.05) is 67.9 Å². The van der Waals surface area contributed by atoms with Gasteiger partial charge in [0.05, 0.1) is 36.5 Å². The molecule has 0 bridgehead atoms. The van der Waals surface area contributed by atoms with Gasteiger partial charge in [0.25, 0.3) is 0 Å². The van der Waals surface area contributed by atoms with Crippen molar-refractivity contribution in [3.63, 3.8) is 0 Å². The Morgan fingerprint density at radius 3 is 2.47 bits per heavy atom. The zero-order chi connectivity index (χ0) is 23.3. The molecule has 0 aliphatic rings. The van der Waals surface area contributed by atoms with Crippen LogP contribution in [0.5, 0.6) is 11.5 Å². The van der Waals surface area contributed by atoms with Crippen molar-refractivity contribution in [1.82, 2.24) is 9.78 Å². The maximum Gasteiger partial charge on any atom is 0.248 e. The topological polar surface area (TPSA) is 65.4 Å². The molecule has 0 saturated carbocycles. The van der Waals surface area contributed by atoms with E-state index in [0.29, 0.717) is 24.0 Å². The van der Waals surface area contributed by atoms with Crippen LogP contribution in [0.15, 0.2) is 48.5 Å².